The van der Waals surface area contributed by atoms with E-state index in [9.17, 15) is 0 Å². The van der Waals surface area contributed by atoms with Gasteiger partial charge in [0.2, 0.25) is 0 Å². The molecule has 0 radical (unpaired) electrons. The molecular formula is C20H25NOS. The van der Waals surface area contributed by atoms with Crippen LogP contribution in [-0.4, -0.2) is 23.2 Å². The molecule has 2 atom stereocenters. The molecule has 0 amide bonds. The number of rotatable bonds is 7. The minimum Gasteiger partial charge on any atom is -0.371 e. The van der Waals surface area contributed by atoms with Crippen molar-refractivity contribution in [1.29, 1.82) is 0 Å². The van der Waals surface area contributed by atoms with E-state index in [4.69, 9.17) is 4.74 Å². The zero-order valence-corrected chi connectivity index (χ0v) is 14.5. The molecule has 3 rings (SSSR count). The summed E-state index contributed by atoms with van der Waals surface area (Å²) in [5.41, 5.74) is 2.61. The van der Waals surface area contributed by atoms with Gasteiger partial charge in [-0.2, -0.15) is 0 Å². The van der Waals surface area contributed by atoms with Crippen molar-refractivity contribution in [2.24, 2.45) is 0 Å². The molecule has 1 fully saturated rings. The van der Waals surface area contributed by atoms with Gasteiger partial charge in [0.25, 0.3) is 0 Å². The Balaban J connectivity index is 1.96. The molecular weight excluding hydrogens is 302 g/mol. The fourth-order valence-corrected chi connectivity index (χ4v) is 4.23. The van der Waals surface area contributed by atoms with Gasteiger partial charge in [0, 0.05) is 18.9 Å². The van der Waals surface area contributed by atoms with Gasteiger partial charge in [-0.25, -0.2) is 4.31 Å². The van der Waals surface area contributed by atoms with Crippen LogP contribution >= 0.6 is 11.9 Å². The van der Waals surface area contributed by atoms with Gasteiger partial charge >= 0.3 is 0 Å². The Kier molecular flexibility index (Phi) is 6.14. The Morgan fingerprint density at radius 3 is 2.22 bits per heavy atom. The zero-order chi connectivity index (χ0) is 15.9. The molecule has 0 aliphatic carbocycles. The molecule has 2 nitrogen and oxygen atoms in total. The summed E-state index contributed by atoms with van der Waals surface area (Å²) in [6, 6.07) is 21.7. The van der Waals surface area contributed by atoms with Gasteiger partial charge in [0.1, 0.15) is 6.10 Å². The molecule has 0 spiro atoms. The summed E-state index contributed by atoms with van der Waals surface area (Å²) in [4.78, 5) is 0. The standard InChI is InChI=1S/C20H25NOS/c1-2-15-22-20(18-12-7-4-8-13-18)19(21-14-9-16-23-21)17-10-5-3-6-11-17/h3-8,10-13,19-20H,2,9,14-16H2,1H3/t19-,20+/m0/s1. The van der Waals surface area contributed by atoms with E-state index >= 15 is 0 Å². The van der Waals surface area contributed by atoms with Gasteiger partial charge in [-0.1, -0.05) is 79.5 Å². The van der Waals surface area contributed by atoms with Gasteiger partial charge < -0.3 is 4.74 Å². The summed E-state index contributed by atoms with van der Waals surface area (Å²) in [6.45, 7) is 4.09. The Labute approximate surface area is 144 Å². The van der Waals surface area contributed by atoms with Crippen LogP contribution in [0.25, 0.3) is 0 Å². The normalized spacial score (nSPS) is 18.0. The van der Waals surface area contributed by atoms with Gasteiger partial charge in [-0.15, -0.1) is 0 Å². The molecule has 0 aromatic heterocycles. The molecule has 3 heteroatoms. The second kappa shape index (κ2) is 8.53. The summed E-state index contributed by atoms with van der Waals surface area (Å²) in [6.07, 6.45) is 2.37. The minimum absolute atomic E-state index is 0.0733. The molecule has 0 bridgehead atoms. The number of hydrogen-bond acceptors (Lipinski definition) is 3. The fourth-order valence-electron chi connectivity index (χ4n) is 3.09. The fraction of sp³-hybridized carbons (Fsp3) is 0.400. The van der Waals surface area contributed by atoms with Gasteiger partial charge in [0.15, 0.2) is 0 Å². The molecule has 1 aliphatic heterocycles. The van der Waals surface area contributed by atoms with Crippen LogP contribution in [0.5, 0.6) is 0 Å². The molecule has 0 N–H and O–H groups in total. The quantitative estimate of drug-likeness (QED) is 0.645. The smallest absolute Gasteiger partial charge is 0.103 e. The van der Waals surface area contributed by atoms with Crippen LogP contribution < -0.4 is 0 Å². The highest BCUT2D eigenvalue weighted by atomic mass is 32.2. The van der Waals surface area contributed by atoms with Crippen molar-refractivity contribution in [2.75, 3.05) is 18.9 Å². The minimum atomic E-state index is 0.0733. The van der Waals surface area contributed by atoms with E-state index in [1.165, 1.54) is 23.3 Å². The Morgan fingerprint density at radius 2 is 1.65 bits per heavy atom. The van der Waals surface area contributed by atoms with Crippen molar-refractivity contribution in [3.05, 3.63) is 71.8 Å². The van der Waals surface area contributed by atoms with Gasteiger partial charge in [0.05, 0.1) is 6.04 Å². The highest BCUT2D eigenvalue weighted by Crippen LogP contribution is 2.42. The van der Waals surface area contributed by atoms with E-state index in [2.05, 4.69) is 71.9 Å². The first-order valence-corrected chi connectivity index (χ1v) is 9.45. The first-order chi connectivity index (χ1) is 11.4. The van der Waals surface area contributed by atoms with Crippen molar-refractivity contribution in [1.82, 2.24) is 4.31 Å². The molecule has 0 unspecified atom stereocenters. The lowest BCUT2D eigenvalue weighted by Crippen LogP contribution is -2.27. The maximum Gasteiger partial charge on any atom is 0.103 e. The van der Waals surface area contributed by atoms with Crippen molar-refractivity contribution < 1.29 is 4.74 Å². The van der Waals surface area contributed by atoms with Gasteiger partial charge in [-0.05, 0) is 24.0 Å². The Morgan fingerprint density at radius 1 is 1.00 bits per heavy atom. The molecule has 1 heterocycles. The number of nitrogens with zero attached hydrogens (tertiary/aromatic N) is 1. The lowest BCUT2D eigenvalue weighted by Gasteiger charge is -2.34. The topological polar surface area (TPSA) is 12.5 Å². The van der Waals surface area contributed by atoms with E-state index < -0.39 is 0 Å². The third-order valence-corrected chi connectivity index (χ3v) is 5.36. The van der Waals surface area contributed by atoms with E-state index in [-0.39, 0.29) is 12.1 Å². The van der Waals surface area contributed by atoms with Gasteiger partial charge in [-0.3, -0.25) is 0 Å². The van der Waals surface area contributed by atoms with Crippen LogP contribution in [-0.2, 0) is 4.74 Å². The third kappa shape index (κ3) is 4.17. The van der Waals surface area contributed by atoms with Crippen molar-refractivity contribution in [3.8, 4) is 0 Å². The van der Waals surface area contributed by atoms with Crippen LogP contribution in [0.1, 0.15) is 43.0 Å². The molecule has 0 saturated carbocycles. The second-order valence-electron chi connectivity index (χ2n) is 5.89. The first-order valence-electron chi connectivity index (χ1n) is 8.51. The monoisotopic (exact) mass is 327 g/mol. The maximum absolute atomic E-state index is 6.35. The molecule has 2 aromatic carbocycles. The summed E-state index contributed by atoms with van der Waals surface area (Å²) >= 11 is 1.96. The van der Waals surface area contributed by atoms with E-state index in [1.54, 1.807) is 0 Å². The summed E-state index contributed by atoms with van der Waals surface area (Å²) in [5, 5.41) is 0. The van der Waals surface area contributed by atoms with Crippen molar-refractivity contribution in [3.63, 3.8) is 0 Å². The lowest BCUT2D eigenvalue weighted by atomic mass is 9.95. The Hall–Kier alpha value is -1.29. The SMILES string of the molecule is CCCO[C@H](c1ccccc1)[C@H](c1ccccc1)N1CCCS1. The van der Waals surface area contributed by atoms with Crippen LogP contribution in [0.2, 0.25) is 0 Å². The van der Waals surface area contributed by atoms with Crippen molar-refractivity contribution in [2.45, 2.75) is 31.9 Å². The van der Waals surface area contributed by atoms with Crippen LogP contribution in [0.3, 0.4) is 0 Å². The van der Waals surface area contributed by atoms with Crippen molar-refractivity contribution >= 4 is 11.9 Å². The highest BCUT2D eigenvalue weighted by molar-refractivity contribution is 7.97. The highest BCUT2D eigenvalue weighted by Gasteiger charge is 2.33. The first kappa shape index (κ1) is 16.6. The summed E-state index contributed by atoms with van der Waals surface area (Å²) < 4.78 is 8.87. The number of hydrogen-bond donors (Lipinski definition) is 0. The Bertz CT molecular complexity index is 569. The predicted octanol–water partition coefficient (Wildman–Crippen LogP) is 5.25. The average molecular weight is 327 g/mol. The average Bonchev–Trinajstić information content (AvgIpc) is 3.14. The van der Waals surface area contributed by atoms with Crippen LogP contribution in [0.4, 0.5) is 0 Å². The zero-order valence-electron chi connectivity index (χ0n) is 13.7. The van der Waals surface area contributed by atoms with E-state index in [0.717, 1.165) is 19.6 Å². The van der Waals surface area contributed by atoms with Crippen LogP contribution in [0.15, 0.2) is 60.7 Å². The number of benzene rings is 2. The largest absolute Gasteiger partial charge is 0.371 e. The lowest BCUT2D eigenvalue weighted by molar-refractivity contribution is 0.00741. The van der Waals surface area contributed by atoms with Crippen LogP contribution in [0, 0.1) is 0 Å². The molecule has 1 aliphatic rings. The predicted molar refractivity (Wildman–Crippen MR) is 98.4 cm³/mol. The summed E-state index contributed by atoms with van der Waals surface area (Å²) in [7, 11) is 0. The molecule has 2 aromatic rings. The summed E-state index contributed by atoms with van der Waals surface area (Å²) in [5.74, 6) is 1.21. The van der Waals surface area contributed by atoms with E-state index in [0.29, 0.717) is 0 Å². The molecule has 23 heavy (non-hydrogen) atoms. The third-order valence-electron chi connectivity index (χ3n) is 4.15. The molecule has 122 valence electrons. The second-order valence-corrected chi connectivity index (χ2v) is 7.02. The maximum atomic E-state index is 6.35. The van der Waals surface area contributed by atoms with E-state index in [1.807, 2.05) is 11.9 Å². The molecule has 1 saturated heterocycles. The number of ether oxygens (including phenoxy) is 1.